The molecule has 8 heteroatoms. The fraction of sp³-hybridized carbons (Fsp3) is 0.188. The van der Waals surface area contributed by atoms with Crippen molar-refractivity contribution in [1.82, 2.24) is 15.6 Å². The number of benzene rings is 1. The first kappa shape index (κ1) is 17.8. The number of nitrogens with zero attached hydrogens (tertiary/aromatic N) is 1. The molecule has 0 unspecified atom stereocenters. The molecule has 0 spiro atoms. The van der Waals surface area contributed by atoms with Gasteiger partial charge in [-0.3, -0.25) is 14.6 Å². The number of hydrogen-bond acceptors (Lipinski definition) is 4. The molecule has 0 saturated heterocycles. The van der Waals surface area contributed by atoms with Crippen LogP contribution in [0.15, 0.2) is 42.7 Å². The van der Waals surface area contributed by atoms with E-state index < -0.39 is 11.7 Å². The molecule has 0 aliphatic carbocycles. The lowest BCUT2D eigenvalue weighted by molar-refractivity contribution is -0.115. The maximum atomic E-state index is 13.5. The largest absolute Gasteiger partial charge is 0.351 e. The predicted molar refractivity (Wildman–Crippen MR) is 89.5 cm³/mol. The maximum absolute atomic E-state index is 13.5. The zero-order valence-electron chi connectivity index (χ0n) is 12.7. The van der Waals surface area contributed by atoms with E-state index >= 15 is 0 Å². The summed E-state index contributed by atoms with van der Waals surface area (Å²) < 4.78 is 13.5. The van der Waals surface area contributed by atoms with E-state index in [0.717, 1.165) is 6.07 Å². The highest BCUT2D eigenvalue weighted by atomic mass is 35.5. The van der Waals surface area contributed by atoms with Crippen molar-refractivity contribution in [2.45, 2.75) is 0 Å². The Balaban J connectivity index is 1.65. The molecule has 1 heterocycles. The highest BCUT2D eigenvalue weighted by Crippen LogP contribution is 2.18. The van der Waals surface area contributed by atoms with Gasteiger partial charge < -0.3 is 16.0 Å². The number of halogens is 2. The van der Waals surface area contributed by atoms with Crippen molar-refractivity contribution in [1.29, 1.82) is 0 Å². The summed E-state index contributed by atoms with van der Waals surface area (Å²) in [6.07, 6.45) is 3.07. The van der Waals surface area contributed by atoms with E-state index in [1.165, 1.54) is 24.5 Å². The molecule has 0 aliphatic rings. The number of carbonyl (C=O) groups is 2. The van der Waals surface area contributed by atoms with Crippen LogP contribution in [0.5, 0.6) is 0 Å². The molecule has 0 aliphatic heterocycles. The van der Waals surface area contributed by atoms with Gasteiger partial charge in [0.05, 0.1) is 12.2 Å². The summed E-state index contributed by atoms with van der Waals surface area (Å²) in [5, 5.41) is 8.25. The Morgan fingerprint density at radius 2 is 1.88 bits per heavy atom. The molecule has 2 aromatic rings. The molecule has 0 radical (unpaired) electrons. The fourth-order valence-corrected chi connectivity index (χ4v) is 2.02. The van der Waals surface area contributed by atoms with Crippen LogP contribution >= 0.6 is 11.6 Å². The van der Waals surface area contributed by atoms with Crippen LogP contribution < -0.4 is 16.0 Å². The van der Waals surface area contributed by atoms with Crippen LogP contribution in [0.1, 0.15) is 10.4 Å². The molecule has 6 nitrogen and oxygen atoms in total. The van der Waals surface area contributed by atoms with Crippen LogP contribution in [-0.2, 0) is 4.79 Å². The van der Waals surface area contributed by atoms with E-state index in [0.29, 0.717) is 18.7 Å². The molecule has 1 aromatic carbocycles. The van der Waals surface area contributed by atoms with Crippen LogP contribution in [-0.4, -0.2) is 36.4 Å². The van der Waals surface area contributed by atoms with E-state index in [1.807, 2.05) is 0 Å². The molecule has 0 atom stereocenters. The Morgan fingerprint density at radius 1 is 1.12 bits per heavy atom. The fourth-order valence-electron chi connectivity index (χ4n) is 1.86. The second-order valence-corrected chi connectivity index (χ2v) is 5.28. The Hall–Kier alpha value is -2.51. The van der Waals surface area contributed by atoms with E-state index in [-0.39, 0.29) is 23.2 Å². The zero-order chi connectivity index (χ0) is 17.4. The summed E-state index contributed by atoms with van der Waals surface area (Å²) >= 11 is 5.64. The standard InChI is InChI=1S/C16H16ClFN4O2/c17-12-1-2-14(13(18)9-12)22-15(23)10-20-7-8-21-16(24)11-3-5-19-6-4-11/h1-6,9,20H,7-8,10H2,(H,21,24)(H,22,23). The quantitative estimate of drug-likeness (QED) is 0.665. The van der Waals surface area contributed by atoms with Gasteiger partial charge in [-0.1, -0.05) is 11.6 Å². The third-order valence-electron chi connectivity index (χ3n) is 3.02. The summed E-state index contributed by atoms with van der Waals surface area (Å²) in [6, 6.07) is 7.22. The Bertz CT molecular complexity index is 712. The number of hydrogen-bond donors (Lipinski definition) is 3. The molecule has 0 bridgehead atoms. The maximum Gasteiger partial charge on any atom is 0.251 e. The van der Waals surface area contributed by atoms with Gasteiger partial charge in [0, 0.05) is 36.1 Å². The number of amides is 2. The van der Waals surface area contributed by atoms with E-state index in [1.54, 1.807) is 12.1 Å². The molecule has 2 rings (SSSR count). The lowest BCUT2D eigenvalue weighted by Gasteiger charge is -2.08. The van der Waals surface area contributed by atoms with E-state index in [2.05, 4.69) is 20.9 Å². The SMILES string of the molecule is O=C(CNCCNC(=O)c1ccncc1)Nc1ccc(Cl)cc1F. The molecule has 3 N–H and O–H groups in total. The number of nitrogens with one attached hydrogen (secondary N) is 3. The normalized spacial score (nSPS) is 10.2. The first-order valence-electron chi connectivity index (χ1n) is 7.20. The van der Waals surface area contributed by atoms with Gasteiger partial charge in [0.1, 0.15) is 5.82 Å². The molecule has 0 fully saturated rings. The lowest BCUT2D eigenvalue weighted by Crippen LogP contribution is -2.35. The van der Waals surface area contributed by atoms with Gasteiger partial charge in [-0.2, -0.15) is 0 Å². The topological polar surface area (TPSA) is 83.1 Å². The average molecular weight is 351 g/mol. The minimum Gasteiger partial charge on any atom is -0.351 e. The minimum atomic E-state index is -0.597. The molecule has 0 saturated carbocycles. The van der Waals surface area contributed by atoms with Crippen LogP contribution in [0, 0.1) is 5.82 Å². The Labute approximate surface area is 143 Å². The van der Waals surface area contributed by atoms with Gasteiger partial charge in [-0.15, -0.1) is 0 Å². The van der Waals surface area contributed by atoms with Crippen molar-refractivity contribution in [2.24, 2.45) is 0 Å². The summed E-state index contributed by atoms with van der Waals surface area (Å²) in [5.41, 5.74) is 0.582. The van der Waals surface area contributed by atoms with Crippen molar-refractivity contribution in [2.75, 3.05) is 25.0 Å². The third-order valence-corrected chi connectivity index (χ3v) is 3.26. The van der Waals surface area contributed by atoms with Gasteiger partial charge in [0.15, 0.2) is 0 Å². The zero-order valence-corrected chi connectivity index (χ0v) is 13.4. The number of carbonyl (C=O) groups excluding carboxylic acids is 2. The molecule has 2 amide bonds. The molecular formula is C16H16ClFN4O2. The third kappa shape index (κ3) is 5.60. The lowest BCUT2D eigenvalue weighted by atomic mass is 10.2. The monoisotopic (exact) mass is 350 g/mol. The molecule has 24 heavy (non-hydrogen) atoms. The molecule has 126 valence electrons. The van der Waals surface area contributed by atoms with Crippen LogP contribution in [0.2, 0.25) is 5.02 Å². The van der Waals surface area contributed by atoms with Gasteiger partial charge in [0.25, 0.3) is 5.91 Å². The predicted octanol–water partition coefficient (Wildman–Crippen LogP) is 1.83. The second kappa shape index (κ2) is 8.95. The second-order valence-electron chi connectivity index (χ2n) is 4.84. The van der Waals surface area contributed by atoms with E-state index in [4.69, 9.17) is 11.6 Å². The summed E-state index contributed by atoms with van der Waals surface area (Å²) in [7, 11) is 0. The highest BCUT2D eigenvalue weighted by molar-refractivity contribution is 6.30. The summed E-state index contributed by atoms with van der Waals surface area (Å²) in [5.74, 6) is -1.20. The Morgan fingerprint density at radius 3 is 2.58 bits per heavy atom. The number of rotatable bonds is 7. The van der Waals surface area contributed by atoms with Gasteiger partial charge in [-0.25, -0.2) is 4.39 Å². The minimum absolute atomic E-state index is 0.00675. The van der Waals surface area contributed by atoms with Crippen LogP contribution in [0.3, 0.4) is 0 Å². The summed E-state index contributed by atoms with van der Waals surface area (Å²) in [4.78, 5) is 27.3. The van der Waals surface area contributed by atoms with Crippen LogP contribution in [0.4, 0.5) is 10.1 Å². The van der Waals surface area contributed by atoms with Crippen molar-refractivity contribution in [3.05, 3.63) is 59.1 Å². The first-order valence-corrected chi connectivity index (χ1v) is 7.58. The van der Waals surface area contributed by atoms with Crippen LogP contribution in [0.25, 0.3) is 0 Å². The van der Waals surface area contributed by atoms with E-state index in [9.17, 15) is 14.0 Å². The van der Waals surface area contributed by atoms with Gasteiger partial charge in [0.2, 0.25) is 5.91 Å². The average Bonchev–Trinajstić information content (AvgIpc) is 2.57. The Kier molecular flexibility index (Phi) is 6.65. The first-order chi connectivity index (χ1) is 11.6. The molecular weight excluding hydrogens is 335 g/mol. The number of anilines is 1. The van der Waals surface area contributed by atoms with Gasteiger partial charge in [-0.05, 0) is 30.3 Å². The number of pyridine rings is 1. The van der Waals surface area contributed by atoms with Gasteiger partial charge >= 0.3 is 0 Å². The smallest absolute Gasteiger partial charge is 0.251 e. The van der Waals surface area contributed by atoms with Crippen molar-refractivity contribution < 1.29 is 14.0 Å². The van der Waals surface area contributed by atoms with Crippen molar-refractivity contribution >= 4 is 29.1 Å². The molecule has 1 aromatic heterocycles. The summed E-state index contributed by atoms with van der Waals surface area (Å²) in [6.45, 7) is 0.740. The van der Waals surface area contributed by atoms with Crippen molar-refractivity contribution in [3.63, 3.8) is 0 Å². The van der Waals surface area contributed by atoms with Crippen molar-refractivity contribution in [3.8, 4) is 0 Å². The number of aromatic nitrogens is 1. The highest BCUT2D eigenvalue weighted by Gasteiger charge is 2.07.